The summed E-state index contributed by atoms with van der Waals surface area (Å²) < 4.78 is 0. The average molecular weight is 101 g/mol. The van der Waals surface area contributed by atoms with E-state index in [1.54, 1.807) is 0 Å². The summed E-state index contributed by atoms with van der Waals surface area (Å²) in [5.74, 6) is -0.970. The predicted molar refractivity (Wildman–Crippen MR) is 25.6 cm³/mol. The lowest BCUT2D eigenvalue weighted by molar-refractivity contribution is -0.132. The molecular weight excluding hydrogens is 94.0 g/mol. The second kappa shape index (κ2) is 2.23. The molecule has 0 aliphatic heterocycles. The molecule has 3 N–H and O–H groups in total. The van der Waals surface area contributed by atoms with Crippen molar-refractivity contribution in [2.24, 2.45) is 5.73 Å². The van der Waals surface area contributed by atoms with Crippen LogP contribution in [0.1, 0.15) is 6.92 Å². The van der Waals surface area contributed by atoms with Crippen LogP contribution in [-0.4, -0.2) is 11.1 Å². The van der Waals surface area contributed by atoms with E-state index in [0.717, 1.165) is 6.20 Å². The van der Waals surface area contributed by atoms with Gasteiger partial charge < -0.3 is 10.8 Å². The number of aliphatic carboxylic acids is 1. The first-order chi connectivity index (χ1) is 3.18. The van der Waals surface area contributed by atoms with Gasteiger partial charge in [0.05, 0.1) is 0 Å². The summed E-state index contributed by atoms with van der Waals surface area (Å²) in [6.07, 6.45) is 1.06. The standard InChI is InChI=1S/C4H7NO2/c1-3(2-5)4(6)7/h2H,5H2,1H3,(H,6,7)/b3-2-. The Morgan fingerprint density at radius 3 is 2.29 bits per heavy atom. The van der Waals surface area contributed by atoms with Crippen LogP contribution in [0.2, 0.25) is 0 Å². The summed E-state index contributed by atoms with van der Waals surface area (Å²) >= 11 is 0. The third-order valence-electron chi connectivity index (χ3n) is 0.587. The van der Waals surface area contributed by atoms with Crippen LogP contribution >= 0.6 is 0 Å². The van der Waals surface area contributed by atoms with Gasteiger partial charge in [0.2, 0.25) is 0 Å². The molecule has 0 fully saturated rings. The highest BCUT2D eigenvalue weighted by molar-refractivity contribution is 5.85. The van der Waals surface area contributed by atoms with Gasteiger partial charge in [0, 0.05) is 11.8 Å². The Kier molecular flexibility index (Phi) is 1.91. The Labute approximate surface area is 41.4 Å². The van der Waals surface area contributed by atoms with E-state index in [1.165, 1.54) is 6.92 Å². The van der Waals surface area contributed by atoms with Crippen LogP contribution in [0, 0.1) is 0 Å². The summed E-state index contributed by atoms with van der Waals surface area (Å²) in [5, 5.41) is 8.03. The Bertz CT molecular complexity index is 106. The maximum absolute atomic E-state index is 9.78. The first-order valence-electron chi connectivity index (χ1n) is 1.80. The Balaban J connectivity index is 3.82. The first-order valence-corrected chi connectivity index (χ1v) is 1.80. The van der Waals surface area contributed by atoms with Gasteiger partial charge in [-0.3, -0.25) is 0 Å². The first kappa shape index (κ1) is 6.01. The van der Waals surface area contributed by atoms with Gasteiger partial charge in [0.25, 0.3) is 0 Å². The van der Waals surface area contributed by atoms with Gasteiger partial charge in [-0.1, -0.05) is 0 Å². The van der Waals surface area contributed by atoms with Gasteiger partial charge in [-0.15, -0.1) is 0 Å². The molecular formula is C4H7NO2. The topological polar surface area (TPSA) is 63.3 Å². The maximum Gasteiger partial charge on any atom is 0.332 e. The molecule has 0 saturated carbocycles. The summed E-state index contributed by atoms with van der Waals surface area (Å²) in [7, 11) is 0. The highest BCUT2D eigenvalue weighted by Gasteiger charge is 1.94. The van der Waals surface area contributed by atoms with E-state index in [1.807, 2.05) is 0 Å². The molecule has 3 heteroatoms. The van der Waals surface area contributed by atoms with Crippen LogP contribution in [0.5, 0.6) is 0 Å². The zero-order chi connectivity index (χ0) is 5.86. The Hall–Kier alpha value is -0.990. The fourth-order valence-corrected chi connectivity index (χ4v) is 0.0713. The minimum absolute atomic E-state index is 0.167. The van der Waals surface area contributed by atoms with Gasteiger partial charge in [-0.2, -0.15) is 0 Å². The van der Waals surface area contributed by atoms with Crippen molar-refractivity contribution in [1.29, 1.82) is 0 Å². The Morgan fingerprint density at radius 1 is 1.86 bits per heavy atom. The van der Waals surface area contributed by atoms with E-state index in [-0.39, 0.29) is 5.57 Å². The molecule has 3 nitrogen and oxygen atoms in total. The van der Waals surface area contributed by atoms with Gasteiger partial charge in [-0.25, -0.2) is 4.79 Å². The van der Waals surface area contributed by atoms with Crippen molar-refractivity contribution in [3.63, 3.8) is 0 Å². The third kappa shape index (κ3) is 1.81. The van der Waals surface area contributed by atoms with Gasteiger partial charge >= 0.3 is 5.97 Å². The van der Waals surface area contributed by atoms with E-state index in [9.17, 15) is 4.79 Å². The minimum Gasteiger partial charge on any atom is -0.478 e. The maximum atomic E-state index is 9.78. The molecule has 0 aliphatic rings. The predicted octanol–water partition coefficient (Wildman–Crippen LogP) is -0.0665. The summed E-state index contributed by atoms with van der Waals surface area (Å²) in [5.41, 5.74) is 5.00. The molecule has 0 radical (unpaired) electrons. The zero-order valence-corrected chi connectivity index (χ0v) is 4.01. The smallest absolute Gasteiger partial charge is 0.332 e. The molecule has 0 bridgehead atoms. The second-order valence-electron chi connectivity index (χ2n) is 1.15. The minimum atomic E-state index is -0.970. The molecule has 7 heavy (non-hydrogen) atoms. The lowest BCUT2D eigenvalue weighted by atomic mass is 10.3. The molecule has 0 aromatic heterocycles. The number of hydrogen-bond acceptors (Lipinski definition) is 2. The monoisotopic (exact) mass is 101 g/mol. The number of carboxylic acid groups (broad SMARTS) is 1. The molecule has 0 aromatic rings. The highest BCUT2D eigenvalue weighted by atomic mass is 16.4. The quantitative estimate of drug-likeness (QED) is 0.454. The molecule has 0 aromatic carbocycles. The SMILES string of the molecule is C/C(=C/N)C(=O)O. The highest BCUT2D eigenvalue weighted by Crippen LogP contribution is 1.84. The van der Waals surface area contributed by atoms with Crippen molar-refractivity contribution in [3.05, 3.63) is 11.8 Å². The number of carboxylic acids is 1. The van der Waals surface area contributed by atoms with Gasteiger partial charge in [0.15, 0.2) is 0 Å². The normalized spacial score (nSPS) is 11.3. The number of hydrogen-bond donors (Lipinski definition) is 2. The van der Waals surface area contributed by atoms with Crippen LogP contribution in [0.4, 0.5) is 0 Å². The van der Waals surface area contributed by atoms with E-state index in [2.05, 4.69) is 0 Å². The molecule has 0 saturated heterocycles. The molecule has 0 atom stereocenters. The number of rotatable bonds is 1. The average Bonchev–Trinajstić information content (AvgIpc) is 1.65. The van der Waals surface area contributed by atoms with Crippen molar-refractivity contribution in [2.45, 2.75) is 6.92 Å². The van der Waals surface area contributed by atoms with Crippen molar-refractivity contribution < 1.29 is 9.90 Å². The fraction of sp³-hybridized carbons (Fsp3) is 0.250. The number of nitrogens with two attached hydrogens (primary N) is 1. The molecule has 0 amide bonds. The summed E-state index contributed by atoms with van der Waals surface area (Å²) in [6, 6.07) is 0. The van der Waals surface area contributed by atoms with Crippen molar-refractivity contribution in [1.82, 2.24) is 0 Å². The van der Waals surface area contributed by atoms with Gasteiger partial charge in [-0.05, 0) is 6.92 Å². The molecule has 0 heterocycles. The third-order valence-corrected chi connectivity index (χ3v) is 0.587. The zero-order valence-electron chi connectivity index (χ0n) is 4.01. The van der Waals surface area contributed by atoms with Crippen LogP contribution in [0.25, 0.3) is 0 Å². The summed E-state index contributed by atoms with van der Waals surface area (Å²) in [4.78, 5) is 9.78. The van der Waals surface area contributed by atoms with Crippen LogP contribution in [-0.2, 0) is 4.79 Å². The molecule has 40 valence electrons. The second-order valence-corrected chi connectivity index (χ2v) is 1.15. The lowest BCUT2D eigenvalue weighted by Gasteiger charge is -1.84. The van der Waals surface area contributed by atoms with Crippen molar-refractivity contribution in [2.75, 3.05) is 0 Å². The summed E-state index contributed by atoms with van der Waals surface area (Å²) in [6.45, 7) is 1.43. The molecule has 0 rings (SSSR count). The Morgan fingerprint density at radius 2 is 2.29 bits per heavy atom. The number of carbonyl (C=O) groups is 1. The van der Waals surface area contributed by atoms with E-state index in [4.69, 9.17) is 10.8 Å². The van der Waals surface area contributed by atoms with Crippen molar-refractivity contribution >= 4 is 5.97 Å². The fourth-order valence-electron chi connectivity index (χ4n) is 0.0713. The molecule has 0 aliphatic carbocycles. The molecule has 0 spiro atoms. The van der Waals surface area contributed by atoms with E-state index >= 15 is 0 Å². The van der Waals surface area contributed by atoms with Gasteiger partial charge in [0.1, 0.15) is 0 Å². The van der Waals surface area contributed by atoms with Crippen LogP contribution in [0.15, 0.2) is 11.8 Å². The van der Waals surface area contributed by atoms with E-state index in [0.29, 0.717) is 0 Å². The largest absolute Gasteiger partial charge is 0.478 e. The van der Waals surface area contributed by atoms with E-state index < -0.39 is 5.97 Å². The van der Waals surface area contributed by atoms with Crippen molar-refractivity contribution in [3.8, 4) is 0 Å². The van der Waals surface area contributed by atoms with Crippen LogP contribution in [0.3, 0.4) is 0 Å². The van der Waals surface area contributed by atoms with Crippen LogP contribution < -0.4 is 5.73 Å². The molecule has 0 unspecified atom stereocenters. The lowest BCUT2D eigenvalue weighted by Crippen LogP contribution is -1.98.